The summed E-state index contributed by atoms with van der Waals surface area (Å²) in [5.74, 6) is 5.56. The van der Waals surface area contributed by atoms with Crippen LogP contribution >= 0.6 is 0 Å². The average Bonchev–Trinajstić information content (AvgIpc) is 2.68. The van der Waals surface area contributed by atoms with Crippen molar-refractivity contribution in [2.24, 2.45) is 7.05 Å². The SMILES string of the molecule is Cn1cccc(C(=O)NCC#Cc2ccc(N3CCCCC3=O)cc2)c1=O. The molecule has 2 aromatic rings. The maximum atomic E-state index is 12.0. The number of amides is 2. The summed E-state index contributed by atoms with van der Waals surface area (Å²) >= 11 is 0. The first-order valence-corrected chi connectivity index (χ1v) is 8.89. The van der Waals surface area contributed by atoms with Crippen LogP contribution in [-0.4, -0.2) is 29.5 Å². The molecule has 0 saturated carbocycles. The monoisotopic (exact) mass is 363 g/mol. The molecule has 27 heavy (non-hydrogen) atoms. The molecule has 1 saturated heterocycles. The molecule has 1 aromatic carbocycles. The summed E-state index contributed by atoms with van der Waals surface area (Å²) in [4.78, 5) is 37.7. The first kappa shape index (κ1) is 18.5. The van der Waals surface area contributed by atoms with Gasteiger partial charge in [0.2, 0.25) is 5.91 Å². The molecule has 6 nitrogen and oxygen atoms in total. The van der Waals surface area contributed by atoms with Crippen molar-refractivity contribution in [2.75, 3.05) is 18.0 Å². The predicted octanol–water partition coefficient (Wildman–Crippen LogP) is 1.68. The molecule has 2 heterocycles. The lowest BCUT2D eigenvalue weighted by Crippen LogP contribution is -2.35. The summed E-state index contributed by atoms with van der Waals surface area (Å²) in [6.45, 7) is 0.901. The normalized spacial score (nSPS) is 13.7. The molecule has 1 aromatic heterocycles. The molecule has 1 N–H and O–H groups in total. The highest BCUT2D eigenvalue weighted by molar-refractivity contribution is 5.94. The van der Waals surface area contributed by atoms with Gasteiger partial charge in [0.25, 0.3) is 11.5 Å². The van der Waals surface area contributed by atoms with Crippen molar-refractivity contribution in [2.45, 2.75) is 19.3 Å². The molecule has 0 radical (unpaired) electrons. The fraction of sp³-hybridized carbons (Fsp3) is 0.286. The van der Waals surface area contributed by atoms with Crippen LogP contribution in [0.4, 0.5) is 5.69 Å². The van der Waals surface area contributed by atoms with Gasteiger partial charge in [0.05, 0.1) is 6.54 Å². The second kappa shape index (κ2) is 8.37. The van der Waals surface area contributed by atoms with Crippen LogP contribution in [0.5, 0.6) is 0 Å². The number of pyridine rings is 1. The van der Waals surface area contributed by atoms with Gasteiger partial charge in [0.15, 0.2) is 0 Å². The second-order valence-corrected chi connectivity index (χ2v) is 6.37. The molecule has 0 spiro atoms. The third-order valence-corrected chi connectivity index (χ3v) is 4.44. The zero-order valence-corrected chi connectivity index (χ0v) is 15.2. The Labute approximate surface area is 157 Å². The van der Waals surface area contributed by atoms with E-state index in [1.807, 2.05) is 24.3 Å². The number of nitrogens with zero attached hydrogens (tertiary/aromatic N) is 2. The molecule has 1 aliphatic heterocycles. The van der Waals surface area contributed by atoms with Crippen molar-refractivity contribution < 1.29 is 9.59 Å². The molecule has 138 valence electrons. The van der Waals surface area contributed by atoms with Gasteiger partial charge < -0.3 is 14.8 Å². The van der Waals surface area contributed by atoms with Gasteiger partial charge in [-0.2, -0.15) is 0 Å². The van der Waals surface area contributed by atoms with E-state index in [1.54, 1.807) is 24.2 Å². The Kier molecular flexibility index (Phi) is 5.72. The Balaban J connectivity index is 1.58. The van der Waals surface area contributed by atoms with Crippen molar-refractivity contribution in [3.63, 3.8) is 0 Å². The van der Waals surface area contributed by atoms with Gasteiger partial charge in [-0.05, 0) is 49.2 Å². The Morgan fingerprint density at radius 2 is 1.93 bits per heavy atom. The molecule has 0 bridgehead atoms. The fourth-order valence-electron chi connectivity index (χ4n) is 2.94. The summed E-state index contributed by atoms with van der Waals surface area (Å²) in [7, 11) is 1.60. The summed E-state index contributed by atoms with van der Waals surface area (Å²) in [5, 5.41) is 2.63. The highest BCUT2D eigenvalue weighted by Gasteiger charge is 2.19. The van der Waals surface area contributed by atoms with Crippen molar-refractivity contribution in [1.82, 2.24) is 9.88 Å². The van der Waals surface area contributed by atoms with Crippen LogP contribution in [0.25, 0.3) is 0 Å². The van der Waals surface area contributed by atoms with Crippen molar-refractivity contribution in [3.8, 4) is 11.8 Å². The maximum Gasteiger partial charge on any atom is 0.263 e. The van der Waals surface area contributed by atoms with Crippen LogP contribution in [0.3, 0.4) is 0 Å². The average molecular weight is 363 g/mol. The minimum absolute atomic E-state index is 0.0948. The Bertz CT molecular complexity index is 965. The van der Waals surface area contributed by atoms with E-state index in [9.17, 15) is 14.4 Å². The summed E-state index contributed by atoms with van der Waals surface area (Å²) in [5.41, 5.74) is 1.44. The largest absolute Gasteiger partial charge is 0.341 e. The van der Waals surface area contributed by atoms with E-state index >= 15 is 0 Å². The first-order valence-electron chi connectivity index (χ1n) is 8.89. The Hall–Kier alpha value is -3.33. The standard InChI is InChI=1S/C21H21N3O3/c1-23-14-5-7-18(21(23)27)20(26)22-13-4-6-16-9-11-17(12-10-16)24-15-3-2-8-19(24)25/h5,7,9-12,14H,2-3,8,13,15H2,1H3,(H,22,26). The van der Waals surface area contributed by atoms with E-state index in [-0.39, 0.29) is 23.6 Å². The number of hydrogen-bond acceptors (Lipinski definition) is 3. The van der Waals surface area contributed by atoms with Crippen LogP contribution in [0.15, 0.2) is 47.4 Å². The van der Waals surface area contributed by atoms with E-state index < -0.39 is 5.91 Å². The number of anilines is 1. The first-order chi connectivity index (χ1) is 13.1. The Morgan fingerprint density at radius 1 is 1.15 bits per heavy atom. The van der Waals surface area contributed by atoms with E-state index in [0.29, 0.717) is 6.42 Å². The molecule has 2 amide bonds. The summed E-state index contributed by atoms with van der Waals surface area (Å²) in [6, 6.07) is 10.6. The molecule has 0 unspecified atom stereocenters. The number of hydrogen-bond donors (Lipinski definition) is 1. The number of benzene rings is 1. The molecule has 3 rings (SSSR count). The van der Waals surface area contributed by atoms with Crippen LogP contribution in [0.1, 0.15) is 35.2 Å². The van der Waals surface area contributed by atoms with Crippen molar-refractivity contribution in [1.29, 1.82) is 0 Å². The summed E-state index contributed by atoms with van der Waals surface area (Å²) in [6.07, 6.45) is 4.18. The smallest absolute Gasteiger partial charge is 0.263 e. The second-order valence-electron chi connectivity index (χ2n) is 6.37. The lowest BCUT2D eigenvalue weighted by molar-refractivity contribution is -0.119. The molecule has 0 aliphatic carbocycles. The lowest BCUT2D eigenvalue weighted by atomic mass is 10.1. The third kappa shape index (κ3) is 4.45. The molecule has 6 heteroatoms. The minimum atomic E-state index is -0.440. The van der Waals surface area contributed by atoms with Crippen molar-refractivity contribution >= 4 is 17.5 Å². The van der Waals surface area contributed by atoms with Crippen LogP contribution in [0.2, 0.25) is 0 Å². The van der Waals surface area contributed by atoms with Gasteiger partial charge in [0.1, 0.15) is 5.56 Å². The molecule has 1 aliphatic rings. The number of carbonyl (C=O) groups excluding carboxylic acids is 2. The lowest BCUT2D eigenvalue weighted by Gasteiger charge is -2.26. The predicted molar refractivity (Wildman–Crippen MR) is 104 cm³/mol. The van der Waals surface area contributed by atoms with E-state index in [2.05, 4.69) is 17.2 Å². The number of rotatable bonds is 3. The highest BCUT2D eigenvalue weighted by Crippen LogP contribution is 2.20. The van der Waals surface area contributed by atoms with Gasteiger partial charge in [-0.25, -0.2) is 0 Å². The number of nitrogens with one attached hydrogen (secondary N) is 1. The van der Waals surface area contributed by atoms with Gasteiger partial charge in [-0.3, -0.25) is 14.4 Å². The van der Waals surface area contributed by atoms with Crippen LogP contribution in [-0.2, 0) is 11.8 Å². The zero-order valence-electron chi connectivity index (χ0n) is 15.2. The van der Waals surface area contributed by atoms with Crippen LogP contribution in [0, 0.1) is 11.8 Å². The highest BCUT2D eigenvalue weighted by atomic mass is 16.2. The Morgan fingerprint density at radius 3 is 2.67 bits per heavy atom. The maximum absolute atomic E-state index is 12.0. The molecular weight excluding hydrogens is 342 g/mol. The van der Waals surface area contributed by atoms with Gasteiger partial charge >= 0.3 is 0 Å². The molecular formula is C21H21N3O3. The summed E-state index contributed by atoms with van der Waals surface area (Å²) < 4.78 is 1.36. The van der Waals surface area contributed by atoms with E-state index in [1.165, 1.54) is 10.6 Å². The molecule has 1 fully saturated rings. The zero-order chi connectivity index (χ0) is 19.2. The van der Waals surface area contributed by atoms with Crippen LogP contribution < -0.4 is 15.8 Å². The van der Waals surface area contributed by atoms with E-state index in [0.717, 1.165) is 30.6 Å². The van der Waals surface area contributed by atoms with Gasteiger partial charge in [0, 0.05) is 37.5 Å². The number of aromatic nitrogens is 1. The fourth-order valence-corrected chi connectivity index (χ4v) is 2.94. The topological polar surface area (TPSA) is 71.4 Å². The number of piperidine rings is 1. The van der Waals surface area contributed by atoms with Gasteiger partial charge in [-0.1, -0.05) is 11.8 Å². The quantitative estimate of drug-likeness (QED) is 0.844. The third-order valence-electron chi connectivity index (χ3n) is 4.44. The van der Waals surface area contributed by atoms with Gasteiger partial charge in [-0.15, -0.1) is 0 Å². The number of aryl methyl sites for hydroxylation is 1. The minimum Gasteiger partial charge on any atom is -0.341 e. The molecule has 0 atom stereocenters. The van der Waals surface area contributed by atoms with E-state index in [4.69, 9.17) is 0 Å². The van der Waals surface area contributed by atoms with Crippen molar-refractivity contribution in [3.05, 3.63) is 64.1 Å². The number of carbonyl (C=O) groups is 2.